The molecule has 0 aliphatic carbocycles. The molecule has 1 aromatic carbocycles. The average molecular weight is 230 g/mol. The summed E-state index contributed by atoms with van der Waals surface area (Å²) in [5, 5.41) is 0. The molecular weight excluding hydrogens is 208 g/mol. The lowest BCUT2D eigenvalue weighted by molar-refractivity contribution is -0.114. The van der Waals surface area contributed by atoms with Crippen LogP contribution in [-0.4, -0.2) is 5.78 Å². The van der Waals surface area contributed by atoms with E-state index in [0.717, 1.165) is 5.56 Å². The van der Waals surface area contributed by atoms with E-state index in [-0.39, 0.29) is 5.78 Å². The van der Waals surface area contributed by atoms with Gasteiger partial charge >= 0.3 is 0 Å². The highest BCUT2D eigenvalue weighted by Crippen LogP contribution is 2.27. The van der Waals surface area contributed by atoms with Gasteiger partial charge in [-0.15, -0.1) is 0 Å². The van der Waals surface area contributed by atoms with E-state index in [1.807, 2.05) is 0 Å². The summed E-state index contributed by atoms with van der Waals surface area (Å²) in [6.45, 7) is 12.3. The van der Waals surface area contributed by atoms with Crippen molar-refractivity contribution in [3.05, 3.63) is 47.5 Å². The van der Waals surface area contributed by atoms with E-state index < -0.39 is 0 Å². The first-order valence-corrected chi connectivity index (χ1v) is 6.23. The molecule has 0 aliphatic heterocycles. The summed E-state index contributed by atoms with van der Waals surface area (Å²) in [7, 11) is 0. The summed E-state index contributed by atoms with van der Waals surface area (Å²) in [5.41, 5.74) is 3.83. The second-order valence-corrected chi connectivity index (χ2v) is 5.12. The third kappa shape index (κ3) is 3.55. The SMILES string of the molecule is C=CC(=O)Cc1ccc(C(C)C)c(C(C)C)c1. The first-order valence-electron chi connectivity index (χ1n) is 6.23. The maximum absolute atomic E-state index is 11.4. The fourth-order valence-electron chi connectivity index (χ4n) is 2.03. The van der Waals surface area contributed by atoms with Gasteiger partial charge in [-0.2, -0.15) is 0 Å². The van der Waals surface area contributed by atoms with Crippen LogP contribution < -0.4 is 0 Å². The van der Waals surface area contributed by atoms with Crippen LogP contribution in [-0.2, 0) is 11.2 Å². The maximum atomic E-state index is 11.4. The van der Waals surface area contributed by atoms with Crippen molar-refractivity contribution in [3.8, 4) is 0 Å². The van der Waals surface area contributed by atoms with E-state index in [2.05, 4.69) is 52.5 Å². The Balaban J connectivity index is 3.09. The average Bonchev–Trinajstić information content (AvgIpc) is 2.28. The largest absolute Gasteiger partial charge is 0.295 e. The smallest absolute Gasteiger partial charge is 0.159 e. The molecule has 1 heteroatoms. The minimum atomic E-state index is 0.0806. The molecule has 17 heavy (non-hydrogen) atoms. The zero-order valence-electron chi connectivity index (χ0n) is 11.3. The van der Waals surface area contributed by atoms with Crippen LogP contribution in [0.4, 0.5) is 0 Å². The van der Waals surface area contributed by atoms with E-state index in [1.54, 1.807) is 0 Å². The first-order chi connectivity index (χ1) is 7.95. The lowest BCUT2D eigenvalue weighted by atomic mass is 9.88. The number of hydrogen-bond acceptors (Lipinski definition) is 1. The van der Waals surface area contributed by atoms with Crippen molar-refractivity contribution in [1.29, 1.82) is 0 Å². The summed E-state index contributed by atoms with van der Waals surface area (Å²) in [6.07, 6.45) is 1.85. The van der Waals surface area contributed by atoms with Crippen molar-refractivity contribution >= 4 is 5.78 Å². The zero-order valence-corrected chi connectivity index (χ0v) is 11.3. The molecule has 0 fully saturated rings. The topological polar surface area (TPSA) is 17.1 Å². The van der Waals surface area contributed by atoms with E-state index >= 15 is 0 Å². The highest BCUT2D eigenvalue weighted by Gasteiger charge is 2.11. The number of ketones is 1. The van der Waals surface area contributed by atoms with Gasteiger partial charge in [-0.05, 0) is 34.6 Å². The number of hydrogen-bond donors (Lipinski definition) is 0. The third-order valence-electron chi connectivity index (χ3n) is 3.00. The molecular formula is C16H22O. The predicted octanol–water partition coefficient (Wildman–Crippen LogP) is 4.23. The number of allylic oxidation sites excluding steroid dienone is 1. The fourth-order valence-corrected chi connectivity index (χ4v) is 2.03. The van der Waals surface area contributed by atoms with Crippen LogP contribution in [0.3, 0.4) is 0 Å². The Hall–Kier alpha value is -1.37. The van der Waals surface area contributed by atoms with Gasteiger partial charge in [-0.25, -0.2) is 0 Å². The van der Waals surface area contributed by atoms with E-state index in [9.17, 15) is 4.79 Å². The molecule has 0 bridgehead atoms. The van der Waals surface area contributed by atoms with Crippen molar-refractivity contribution in [1.82, 2.24) is 0 Å². The van der Waals surface area contributed by atoms with Gasteiger partial charge in [0.25, 0.3) is 0 Å². The van der Waals surface area contributed by atoms with Gasteiger partial charge in [0, 0.05) is 6.42 Å². The molecule has 0 unspecified atom stereocenters. The molecule has 1 aromatic rings. The molecule has 1 rings (SSSR count). The highest BCUT2D eigenvalue weighted by atomic mass is 16.1. The second kappa shape index (κ2) is 5.81. The van der Waals surface area contributed by atoms with Crippen molar-refractivity contribution in [3.63, 3.8) is 0 Å². The molecule has 0 aromatic heterocycles. The highest BCUT2D eigenvalue weighted by molar-refractivity contribution is 5.90. The summed E-state index contributed by atoms with van der Waals surface area (Å²) in [4.78, 5) is 11.4. The molecule has 0 saturated heterocycles. The van der Waals surface area contributed by atoms with E-state index in [4.69, 9.17) is 0 Å². The van der Waals surface area contributed by atoms with Gasteiger partial charge in [0.05, 0.1) is 0 Å². The Kier molecular flexibility index (Phi) is 4.68. The van der Waals surface area contributed by atoms with Crippen LogP contribution in [0.25, 0.3) is 0 Å². The van der Waals surface area contributed by atoms with Crippen LogP contribution in [0.1, 0.15) is 56.2 Å². The van der Waals surface area contributed by atoms with Crippen LogP contribution in [0, 0.1) is 0 Å². The quantitative estimate of drug-likeness (QED) is 0.692. The van der Waals surface area contributed by atoms with Crippen molar-refractivity contribution < 1.29 is 4.79 Å². The Morgan fingerprint density at radius 2 is 1.76 bits per heavy atom. The molecule has 0 spiro atoms. The second-order valence-electron chi connectivity index (χ2n) is 5.12. The zero-order chi connectivity index (χ0) is 13.0. The summed E-state index contributed by atoms with van der Waals surface area (Å²) < 4.78 is 0. The number of carbonyl (C=O) groups is 1. The fraction of sp³-hybridized carbons (Fsp3) is 0.438. The minimum Gasteiger partial charge on any atom is -0.295 e. The predicted molar refractivity (Wildman–Crippen MR) is 73.5 cm³/mol. The monoisotopic (exact) mass is 230 g/mol. The van der Waals surface area contributed by atoms with Crippen molar-refractivity contribution in [2.24, 2.45) is 0 Å². The molecule has 0 N–H and O–H groups in total. The Bertz CT molecular complexity index is 414. The molecule has 0 aliphatic rings. The summed E-state index contributed by atoms with van der Waals surface area (Å²) >= 11 is 0. The number of carbonyl (C=O) groups excluding carboxylic acids is 1. The van der Waals surface area contributed by atoms with E-state index in [1.165, 1.54) is 17.2 Å². The summed E-state index contributed by atoms with van der Waals surface area (Å²) in [5.74, 6) is 1.10. The van der Waals surface area contributed by atoms with Gasteiger partial charge in [0.1, 0.15) is 0 Å². The van der Waals surface area contributed by atoms with Crippen molar-refractivity contribution in [2.75, 3.05) is 0 Å². The molecule has 0 radical (unpaired) electrons. The maximum Gasteiger partial charge on any atom is 0.159 e. The van der Waals surface area contributed by atoms with Crippen LogP contribution in [0.15, 0.2) is 30.9 Å². The normalized spacial score (nSPS) is 10.9. The lowest BCUT2D eigenvalue weighted by Gasteiger charge is -2.17. The first kappa shape index (κ1) is 13.7. The molecule has 1 nitrogen and oxygen atoms in total. The molecule has 0 saturated carbocycles. The van der Waals surface area contributed by atoms with E-state index in [0.29, 0.717) is 18.3 Å². The van der Waals surface area contributed by atoms with Gasteiger partial charge in [-0.3, -0.25) is 4.79 Å². The Morgan fingerprint density at radius 3 is 2.24 bits per heavy atom. The van der Waals surface area contributed by atoms with Gasteiger partial charge < -0.3 is 0 Å². The minimum absolute atomic E-state index is 0.0806. The van der Waals surface area contributed by atoms with Crippen LogP contribution >= 0.6 is 0 Å². The summed E-state index contributed by atoms with van der Waals surface area (Å²) in [6, 6.07) is 6.38. The van der Waals surface area contributed by atoms with Crippen LogP contribution in [0.2, 0.25) is 0 Å². The van der Waals surface area contributed by atoms with Gasteiger partial charge in [-0.1, -0.05) is 52.5 Å². The molecule has 0 amide bonds. The molecule has 0 atom stereocenters. The Labute approximate surface area is 105 Å². The number of benzene rings is 1. The third-order valence-corrected chi connectivity index (χ3v) is 3.00. The standard InChI is InChI=1S/C16H22O/c1-6-14(17)9-13-7-8-15(11(2)3)16(10-13)12(4)5/h6-8,10-12H,1,9H2,2-5H3. The molecule has 0 heterocycles. The van der Waals surface area contributed by atoms with Gasteiger partial charge in [0.15, 0.2) is 5.78 Å². The molecule has 92 valence electrons. The number of rotatable bonds is 5. The Morgan fingerprint density at radius 1 is 1.18 bits per heavy atom. The van der Waals surface area contributed by atoms with Gasteiger partial charge in [0.2, 0.25) is 0 Å². The lowest BCUT2D eigenvalue weighted by Crippen LogP contribution is -2.03. The van der Waals surface area contributed by atoms with Crippen LogP contribution in [0.5, 0.6) is 0 Å². The van der Waals surface area contributed by atoms with Crippen molar-refractivity contribution in [2.45, 2.75) is 46.0 Å².